The lowest BCUT2D eigenvalue weighted by molar-refractivity contribution is -0.137. The number of hydrogen-bond acceptors (Lipinski definition) is 5. The number of anilines is 1. The third-order valence-corrected chi connectivity index (χ3v) is 6.72. The minimum Gasteiger partial charge on any atom is -0.354 e. The van der Waals surface area contributed by atoms with Gasteiger partial charge in [0.25, 0.3) is 5.91 Å². The van der Waals surface area contributed by atoms with Crippen LogP contribution in [0.5, 0.6) is 0 Å². The quantitative estimate of drug-likeness (QED) is 0.535. The molecule has 1 saturated carbocycles. The predicted octanol–water partition coefficient (Wildman–Crippen LogP) is 4.57. The highest BCUT2D eigenvalue weighted by atomic mass is 35.5. The Balaban J connectivity index is 1.40. The molecule has 0 N–H and O–H groups in total. The largest absolute Gasteiger partial charge is 0.417 e. The molecule has 3 aromatic heterocycles. The number of halogens is 4. The molecule has 4 heterocycles. The molecule has 5 rings (SSSR count). The molecule has 1 aliphatic carbocycles. The number of carbonyl (C=O) groups excluding carboxylic acids is 1. The Morgan fingerprint density at radius 2 is 1.91 bits per heavy atom. The molecule has 1 aliphatic heterocycles. The monoisotopic (exact) mass is 492 g/mol. The fraction of sp³-hybridized carbons (Fsp3) is 0.478. The van der Waals surface area contributed by atoms with E-state index in [9.17, 15) is 18.0 Å². The van der Waals surface area contributed by atoms with Gasteiger partial charge in [-0.1, -0.05) is 11.6 Å². The first-order valence-electron chi connectivity index (χ1n) is 11.2. The van der Waals surface area contributed by atoms with Crippen LogP contribution < -0.4 is 4.90 Å². The summed E-state index contributed by atoms with van der Waals surface area (Å²) >= 11 is 6.15. The van der Waals surface area contributed by atoms with E-state index in [-0.39, 0.29) is 10.9 Å². The van der Waals surface area contributed by atoms with Crippen LogP contribution in [0.1, 0.15) is 52.5 Å². The predicted molar refractivity (Wildman–Crippen MR) is 122 cm³/mol. The molecule has 2 aliphatic rings. The van der Waals surface area contributed by atoms with Crippen molar-refractivity contribution >= 4 is 34.4 Å². The Labute approximate surface area is 199 Å². The van der Waals surface area contributed by atoms with Crippen LogP contribution in [0.25, 0.3) is 11.0 Å². The van der Waals surface area contributed by atoms with Crippen molar-refractivity contribution in [1.29, 1.82) is 0 Å². The summed E-state index contributed by atoms with van der Waals surface area (Å²) in [4.78, 5) is 26.0. The lowest BCUT2D eigenvalue weighted by Crippen LogP contribution is -2.35. The fourth-order valence-electron chi connectivity index (χ4n) is 4.54. The Morgan fingerprint density at radius 1 is 1.15 bits per heavy atom. The van der Waals surface area contributed by atoms with Crippen molar-refractivity contribution in [3.63, 3.8) is 0 Å². The third kappa shape index (κ3) is 4.19. The second-order valence-corrected chi connectivity index (χ2v) is 9.34. The Hall–Kier alpha value is -2.88. The topological polar surface area (TPSA) is 67.2 Å². The molecule has 1 saturated heterocycles. The first-order valence-corrected chi connectivity index (χ1v) is 11.6. The number of rotatable bonds is 3. The molecular weight excluding hydrogens is 469 g/mol. The SMILES string of the molecule is Cc1nn(C)c2nc(C3CC3)cc(C(=O)N3CCCN(c4ncc(C(F)(F)F)cc4Cl)CC3)c12. The van der Waals surface area contributed by atoms with Crippen LogP contribution in [-0.2, 0) is 13.2 Å². The highest BCUT2D eigenvalue weighted by Gasteiger charge is 2.33. The summed E-state index contributed by atoms with van der Waals surface area (Å²) in [5, 5.41) is 5.19. The van der Waals surface area contributed by atoms with E-state index in [1.807, 2.05) is 24.9 Å². The summed E-state index contributed by atoms with van der Waals surface area (Å²) in [6.07, 6.45) is -0.921. The van der Waals surface area contributed by atoms with Gasteiger partial charge in [-0.3, -0.25) is 9.48 Å². The van der Waals surface area contributed by atoms with Crippen LogP contribution in [-0.4, -0.2) is 56.7 Å². The van der Waals surface area contributed by atoms with E-state index < -0.39 is 11.7 Å². The van der Waals surface area contributed by atoms with Crippen LogP contribution >= 0.6 is 11.6 Å². The first kappa shape index (κ1) is 22.9. The number of aromatic nitrogens is 4. The second-order valence-electron chi connectivity index (χ2n) is 8.94. The van der Waals surface area contributed by atoms with Crippen molar-refractivity contribution in [2.75, 3.05) is 31.1 Å². The van der Waals surface area contributed by atoms with Crippen LogP contribution in [0, 0.1) is 6.92 Å². The molecule has 180 valence electrons. The van der Waals surface area contributed by atoms with E-state index in [2.05, 4.69) is 10.1 Å². The van der Waals surface area contributed by atoms with E-state index in [0.717, 1.165) is 41.9 Å². The maximum Gasteiger partial charge on any atom is 0.417 e. The Morgan fingerprint density at radius 3 is 2.59 bits per heavy atom. The maximum absolute atomic E-state index is 13.7. The summed E-state index contributed by atoms with van der Waals surface area (Å²) in [6, 6.07) is 2.81. The van der Waals surface area contributed by atoms with Gasteiger partial charge < -0.3 is 9.80 Å². The van der Waals surface area contributed by atoms with Crippen molar-refractivity contribution in [3.8, 4) is 0 Å². The standard InChI is InChI=1S/C23H24ClF3N6O/c1-13-19-16(11-18(14-4-5-14)29-21(19)31(2)30-13)22(34)33-7-3-6-32(8-9-33)20-17(24)10-15(12-28-20)23(25,26)27/h10-12,14H,3-9H2,1-2H3. The number of pyridine rings is 2. The third-order valence-electron chi connectivity index (χ3n) is 6.45. The number of hydrogen-bond donors (Lipinski definition) is 0. The molecule has 7 nitrogen and oxygen atoms in total. The van der Waals surface area contributed by atoms with E-state index in [1.165, 1.54) is 0 Å². The maximum atomic E-state index is 13.7. The van der Waals surface area contributed by atoms with Crippen LogP contribution in [0.3, 0.4) is 0 Å². The molecule has 0 aromatic carbocycles. The summed E-state index contributed by atoms with van der Waals surface area (Å²) in [7, 11) is 1.83. The normalized spacial score (nSPS) is 17.4. The second kappa shape index (κ2) is 8.41. The zero-order chi connectivity index (χ0) is 24.2. The summed E-state index contributed by atoms with van der Waals surface area (Å²) in [5.41, 5.74) is 2.12. The van der Waals surface area contributed by atoms with Crippen LogP contribution in [0.4, 0.5) is 19.0 Å². The number of fused-ring (bicyclic) bond motifs is 1. The number of carbonyl (C=O) groups is 1. The lowest BCUT2D eigenvalue weighted by Gasteiger charge is -2.24. The molecule has 0 atom stereocenters. The molecule has 0 unspecified atom stereocenters. The fourth-order valence-corrected chi connectivity index (χ4v) is 4.83. The summed E-state index contributed by atoms with van der Waals surface area (Å²) in [6.45, 7) is 3.75. The van der Waals surface area contributed by atoms with E-state index in [1.54, 1.807) is 9.58 Å². The van der Waals surface area contributed by atoms with E-state index in [4.69, 9.17) is 16.6 Å². The number of amides is 1. The van der Waals surface area contributed by atoms with Gasteiger partial charge in [0.2, 0.25) is 0 Å². The highest BCUT2D eigenvalue weighted by Crippen LogP contribution is 2.40. The van der Waals surface area contributed by atoms with Crippen molar-refractivity contribution in [3.05, 3.63) is 45.9 Å². The molecule has 3 aromatic rings. The zero-order valence-corrected chi connectivity index (χ0v) is 19.6. The summed E-state index contributed by atoms with van der Waals surface area (Å²) in [5.74, 6) is 0.604. The van der Waals surface area contributed by atoms with Gasteiger partial charge in [0.15, 0.2) is 5.65 Å². The molecule has 2 fully saturated rings. The van der Waals surface area contributed by atoms with Gasteiger partial charge in [-0.25, -0.2) is 9.97 Å². The average Bonchev–Trinajstić information content (AvgIpc) is 3.61. The van der Waals surface area contributed by atoms with Gasteiger partial charge in [-0.2, -0.15) is 18.3 Å². The zero-order valence-electron chi connectivity index (χ0n) is 18.9. The molecule has 0 bridgehead atoms. The number of aryl methyl sites for hydroxylation is 2. The molecule has 0 radical (unpaired) electrons. The van der Waals surface area contributed by atoms with Crippen molar-refractivity contribution in [2.24, 2.45) is 7.05 Å². The number of alkyl halides is 3. The first-order chi connectivity index (χ1) is 16.1. The van der Waals surface area contributed by atoms with Crippen molar-refractivity contribution in [2.45, 2.75) is 38.3 Å². The van der Waals surface area contributed by atoms with Crippen LogP contribution in [0.2, 0.25) is 5.02 Å². The molecule has 34 heavy (non-hydrogen) atoms. The van der Waals surface area contributed by atoms with Gasteiger partial charge in [-0.05, 0) is 38.3 Å². The van der Waals surface area contributed by atoms with Gasteiger partial charge in [0.05, 0.1) is 27.2 Å². The Bertz CT molecular complexity index is 1270. The summed E-state index contributed by atoms with van der Waals surface area (Å²) < 4.78 is 40.6. The Kier molecular flexibility index (Phi) is 5.66. The van der Waals surface area contributed by atoms with Crippen molar-refractivity contribution < 1.29 is 18.0 Å². The van der Waals surface area contributed by atoms with Gasteiger partial charge >= 0.3 is 6.18 Å². The van der Waals surface area contributed by atoms with E-state index in [0.29, 0.717) is 55.5 Å². The average molecular weight is 493 g/mol. The van der Waals surface area contributed by atoms with Crippen molar-refractivity contribution in [1.82, 2.24) is 24.6 Å². The van der Waals surface area contributed by atoms with Crippen LogP contribution in [0.15, 0.2) is 18.3 Å². The lowest BCUT2D eigenvalue weighted by atomic mass is 10.1. The van der Waals surface area contributed by atoms with E-state index >= 15 is 0 Å². The smallest absolute Gasteiger partial charge is 0.354 e. The minimum absolute atomic E-state index is 0.0505. The van der Waals surface area contributed by atoms with Gasteiger partial charge in [0, 0.05) is 51.0 Å². The minimum atomic E-state index is -4.50. The molecule has 11 heteroatoms. The number of nitrogens with zero attached hydrogens (tertiary/aromatic N) is 6. The molecule has 1 amide bonds. The highest BCUT2D eigenvalue weighted by molar-refractivity contribution is 6.33. The molecular formula is C23H24ClF3N6O. The van der Waals surface area contributed by atoms with Gasteiger partial charge in [0.1, 0.15) is 5.82 Å². The molecule has 0 spiro atoms. The van der Waals surface area contributed by atoms with Gasteiger partial charge in [-0.15, -0.1) is 0 Å².